The van der Waals surface area contributed by atoms with E-state index >= 15 is 4.39 Å². The molecule has 2 atom stereocenters. The molecule has 172 valence electrons. The molecule has 1 saturated carbocycles. The van der Waals surface area contributed by atoms with E-state index in [9.17, 15) is 19.1 Å². The molecule has 0 bridgehead atoms. The number of benzene rings is 2. The van der Waals surface area contributed by atoms with Gasteiger partial charge in [0.05, 0.1) is 0 Å². The summed E-state index contributed by atoms with van der Waals surface area (Å²) < 4.78 is 30.9. The predicted octanol–water partition coefficient (Wildman–Crippen LogP) is 3.02. The second-order valence-corrected chi connectivity index (χ2v) is 9.69. The molecule has 3 aromatic rings. The number of amides is 1. The zero-order valence-corrected chi connectivity index (χ0v) is 18.2. The molecule has 7 rings (SSSR count). The molecule has 2 aromatic carbocycles. The third kappa shape index (κ3) is 2.28. The Kier molecular flexibility index (Phi) is 3.76. The van der Waals surface area contributed by atoms with Gasteiger partial charge in [-0.2, -0.15) is 0 Å². The fraction of sp³-hybridized carbons (Fsp3) is 0.308. The van der Waals surface area contributed by atoms with Crippen LogP contribution in [0.1, 0.15) is 45.6 Å². The molecule has 3 aliphatic carbocycles. The number of aromatic nitrogens is 1. The number of hydrogen-bond donors (Lipinski definition) is 1. The Hall–Kier alpha value is -3.68. The van der Waals surface area contributed by atoms with Crippen LogP contribution in [0, 0.1) is 17.6 Å². The van der Waals surface area contributed by atoms with Crippen LogP contribution in [0.2, 0.25) is 0 Å². The molecule has 2 unspecified atom stereocenters. The summed E-state index contributed by atoms with van der Waals surface area (Å²) in [4.78, 5) is 27.4. The minimum absolute atomic E-state index is 0.0239. The van der Waals surface area contributed by atoms with Crippen molar-refractivity contribution in [2.45, 2.75) is 37.3 Å². The van der Waals surface area contributed by atoms with E-state index in [4.69, 9.17) is 0 Å². The maximum absolute atomic E-state index is 15.1. The molecule has 4 aliphatic rings. The Morgan fingerprint density at radius 1 is 0.971 bits per heavy atom. The summed E-state index contributed by atoms with van der Waals surface area (Å²) in [6.45, 7) is 0.210. The second kappa shape index (κ2) is 6.46. The van der Waals surface area contributed by atoms with Crippen molar-refractivity contribution in [3.05, 3.63) is 98.5 Å². The van der Waals surface area contributed by atoms with E-state index in [-0.39, 0.29) is 24.3 Å². The van der Waals surface area contributed by atoms with Gasteiger partial charge < -0.3 is 10.0 Å². The normalized spacial score (nSPS) is 24.6. The molecule has 34 heavy (non-hydrogen) atoms. The molecule has 8 heteroatoms. The zero-order valence-electron chi connectivity index (χ0n) is 18.2. The van der Waals surface area contributed by atoms with Crippen LogP contribution in [-0.2, 0) is 18.4 Å². The van der Waals surface area contributed by atoms with E-state index in [1.165, 1.54) is 12.3 Å². The Labute approximate surface area is 193 Å². The summed E-state index contributed by atoms with van der Waals surface area (Å²) in [7, 11) is 0. The molecule has 2 heterocycles. The first-order valence-corrected chi connectivity index (χ1v) is 11.5. The molecule has 0 radical (unpaired) electrons. The maximum atomic E-state index is 15.1. The minimum Gasteiger partial charge on any atom is -0.502 e. The van der Waals surface area contributed by atoms with Crippen molar-refractivity contribution in [1.29, 1.82) is 0 Å². The van der Waals surface area contributed by atoms with E-state index in [1.807, 2.05) is 29.3 Å². The molecule has 0 saturated heterocycles. The highest BCUT2D eigenvalue weighted by Crippen LogP contribution is 2.57. The summed E-state index contributed by atoms with van der Waals surface area (Å²) >= 11 is 0. The Morgan fingerprint density at radius 2 is 1.76 bits per heavy atom. The lowest BCUT2D eigenvalue weighted by Gasteiger charge is -2.50. The number of carbonyl (C=O) groups excluding carboxylic acids is 1. The van der Waals surface area contributed by atoms with Crippen molar-refractivity contribution in [3.8, 4) is 5.75 Å². The molecule has 0 spiro atoms. The average Bonchev–Trinajstić information content (AvgIpc) is 3.55. The average molecular weight is 461 g/mol. The van der Waals surface area contributed by atoms with Crippen LogP contribution in [-0.4, -0.2) is 33.3 Å². The van der Waals surface area contributed by atoms with E-state index in [2.05, 4.69) is 0 Å². The van der Waals surface area contributed by atoms with Gasteiger partial charge in [0.1, 0.15) is 12.2 Å². The number of pyridine rings is 1. The third-order valence-corrected chi connectivity index (χ3v) is 8.00. The smallest absolute Gasteiger partial charge is 0.278 e. The first-order valence-electron chi connectivity index (χ1n) is 11.5. The fourth-order valence-electron chi connectivity index (χ4n) is 6.45. The number of hydrogen-bond acceptors (Lipinski definition) is 4. The maximum Gasteiger partial charge on any atom is 0.278 e. The van der Waals surface area contributed by atoms with E-state index < -0.39 is 34.3 Å². The van der Waals surface area contributed by atoms with Gasteiger partial charge in [-0.05, 0) is 54.0 Å². The minimum atomic E-state index is -0.884. The summed E-state index contributed by atoms with van der Waals surface area (Å²) in [5, 5.41) is 12.7. The zero-order chi connectivity index (χ0) is 23.4. The number of aromatic hydroxyl groups is 1. The van der Waals surface area contributed by atoms with Gasteiger partial charge in [0.25, 0.3) is 5.91 Å². The first kappa shape index (κ1) is 19.8. The van der Waals surface area contributed by atoms with Crippen LogP contribution in [0.15, 0.2) is 53.5 Å². The van der Waals surface area contributed by atoms with Crippen molar-refractivity contribution >= 4 is 5.91 Å². The topological polar surface area (TPSA) is 65.8 Å². The molecular weight excluding hydrogens is 440 g/mol. The van der Waals surface area contributed by atoms with Crippen molar-refractivity contribution < 1.29 is 18.7 Å². The molecule has 1 fully saturated rings. The predicted molar refractivity (Wildman–Crippen MR) is 119 cm³/mol. The van der Waals surface area contributed by atoms with Gasteiger partial charge >= 0.3 is 0 Å². The Balaban J connectivity index is 1.56. The summed E-state index contributed by atoms with van der Waals surface area (Å²) in [6, 6.07) is 12.0. The van der Waals surface area contributed by atoms with E-state index in [0.29, 0.717) is 24.0 Å². The van der Waals surface area contributed by atoms with Crippen LogP contribution in [0.3, 0.4) is 0 Å². The Morgan fingerprint density at radius 3 is 2.56 bits per heavy atom. The second-order valence-electron chi connectivity index (χ2n) is 9.69. The van der Waals surface area contributed by atoms with Gasteiger partial charge in [-0.15, -0.1) is 0 Å². The van der Waals surface area contributed by atoms with Gasteiger partial charge in [-0.3, -0.25) is 19.3 Å². The standard InChI is InChI=1S/C26H21F2N3O3/c27-20-8-7-19-17(22(20)28)12-15-11-14-3-1-2-4-18(14)26(15,19)31-13-29(16-5-6-16)25(34)23-24(33)21(32)9-10-30(23)31/h1-4,7-10,15-16,33H,5-6,11-13H2. The van der Waals surface area contributed by atoms with Crippen molar-refractivity contribution in [1.82, 2.24) is 9.58 Å². The summed E-state index contributed by atoms with van der Waals surface area (Å²) in [5.41, 5.74) is 1.50. The molecule has 1 N–H and O–H groups in total. The number of rotatable bonds is 2. The molecule has 1 aromatic heterocycles. The molecule has 6 nitrogen and oxygen atoms in total. The number of nitrogens with zero attached hydrogens (tertiary/aromatic N) is 3. The van der Waals surface area contributed by atoms with Crippen molar-refractivity contribution in [3.63, 3.8) is 0 Å². The quantitative estimate of drug-likeness (QED) is 0.637. The van der Waals surface area contributed by atoms with Crippen LogP contribution in [0.5, 0.6) is 5.75 Å². The number of fused-ring (bicyclic) bond motifs is 6. The van der Waals surface area contributed by atoms with Crippen molar-refractivity contribution in [2.75, 3.05) is 11.7 Å². The SMILES string of the molecule is O=C1c2c(O)c(=O)ccn2N(C23c4ccccc4CC2Cc2c3ccc(F)c2F)CN1C1CC1. The fourth-order valence-corrected chi connectivity index (χ4v) is 6.45. The van der Waals surface area contributed by atoms with Crippen molar-refractivity contribution in [2.24, 2.45) is 5.92 Å². The lowest BCUT2D eigenvalue weighted by atomic mass is 9.81. The van der Waals surface area contributed by atoms with Crippen LogP contribution in [0.25, 0.3) is 0 Å². The third-order valence-electron chi connectivity index (χ3n) is 8.00. The monoisotopic (exact) mass is 461 g/mol. The highest BCUT2D eigenvalue weighted by molar-refractivity contribution is 5.96. The highest BCUT2D eigenvalue weighted by Gasteiger charge is 2.60. The first-order chi connectivity index (χ1) is 16.4. The lowest BCUT2D eigenvalue weighted by molar-refractivity contribution is 0.0630. The molecule has 1 aliphatic heterocycles. The number of carbonyl (C=O) groups is 1. The Bertz CT molecular complexity index is 1460. The molecular formula is C26H21F2N3O3. The number of halogens is 2. The van der Waals surface area contributed by atoms with Gasteiger partial charge in [0, 0.05) is 24.2 Å². The highest BCUT2D eigenvalue weighted by atomic mass is 19.2. The van der Waals surface area contributed by atoms with Crippen LogP contribution < -0.4 is 10.4 Å². The summed E-state index contributed by atoms with van der Waals surface area (Å²) in [5.74, 6) is -2.81. The van der Waals surface area contributed by atoms with Gasteiger partial charge in [-0.1, -0.05) is 30.3 Å². The van der Waals surface area contributed by atoms with Gasteiger partial charge in [0.15, 0.2) is 23.1 Å². The largest absolute Gasteiger partial charge is 0.502 e. The molecule has 1 amide bonds. The van der Waals surface area contributed by atoms with E-state index in [0.717, 1.165) is 30.0 Å². The lowest BCUT2D eigenvalue weighted by Crippen LogP contribution is -2.63. The van der Waals surface area contributed by atoms with Crippen LogP contribution in [0.4, 0.5) is 8.78 Å². The van der Waals surface area contributed by atoms with Crippen LogP contribution >= 0.6 is 0 Å². The van der Waals surface area contributed by atoms with Gasteiger partial charge in [0.2, 0.25) is 5.43 Å². The van der Waals surface area contributed by atoms with Gasteiger partial charge in [-0.25, -0.2) is 8.78 Å². The summed E-state index contributed by atoms with van der Waals surface area (Å²) in [6.07, 6.45) is 4.22. The van der Waals surface area contributed by atoms with E-state index in [1.54, 1.807) is 15.6 Å².